The highest BCUT2D eigenvalue weighted by molar-refractivity contribution is 5.77. The number of nitrogens with zero attached hydrogens (tertiary/aromatic N) is 2. The van der Waals surface area contributed by atoms with Crippen molar-refractivity contribution in [3.05, 3.63) is 182 Å². The summed E-state index contributed by atoms with van der Waals surface area (Å²) in [5.74, 6) is -1.55. The Morgan fingerprint density at radius 1 is 0.635 bits per heavy atom. The Kier molecular flexibility index (Phi) is 19.4. The van der Waals surface area contributed by atoms with Gasteiger partial charge in [-0.3, -0.25) is 25.0 Å². The molecule has 19 nitrogen and oxygen atoms in total. The average Bonchev–Trinajstić information content (AvgIpc) is 3.39. The monoisotopic (exact) mass is 1020 g/mol. The molecule has 10 atom stereocenters. The predicted octanol–water partition coefficient (Wildman–Crippen LogP) is 8.65. The predicted molar refractivity (Wildman–Crippen MR) is 268 cm³/mol. The van der Waals surface area contributed by atoms with Crippen molar-refractivity contribution in [2.45, 2.75) is 128 Å². The van der Waals surface area contributed by atoms with Crippen LogP contribution in [-0.4, -0.2) is 103 Å². The summed E-state index contributed by atoms with van der Waals surface area (Å²) in [6.45, 7) is 8.54. The van der Waals surface area contributed by atoms with Crippen LogP contribution in [0, 0.1) is 25.6 Å². The van der Waals surface area contributed by atoms with Crippen molar-refractivity contribution in [3.63, 3.8) is 0 Å². The maximum absolute atomic E-state index is 14.2. The Bertz CT molecular complexity index is 2590. The highest BCUT2D eigenvalue weighted by Gasteiger charge is 2.57. The highest BCUT2D eigenvalue weighted by atomic mass is 16.8. The first kappa shape index (κ1) is 55.1. The smallest absolute Gasteiger partial charge is 0.337 e. The van der Waals surface area contributed by atoms with Gasteiger partial charge in [-0.05, 0) is 62.9 Å². The van der Waals surface area contributed by atoms with Gasteiger partial charge in [0.2, 0.25) is 0 Å². The van der Waals surface area contributed by atoms with Gasteiger partial charge in [0.1, 0.15) is 42.2 Å². The number of rotatable bonds is 23. The molecule has 0 radical (unpaired) electrons. The Morgan fingerprint density at radius 2 is 1.15 bits per heavy atom. The van der Waals surface area contributed by atoms with Gasteiger partial charge < -0.3 is 52.7 Å². The van der Waals surface area contributed by atoms with E-state index in [0.717, 1.165) is 34.4 Å². The largest absolute Gasteiger partial charge is 0.467 e. The van der Waals surface area contributed by atoms with Crippen molar-refractivity contribution < 1.29 is 66.8 Å². The molecular formula is C55H63N3O16. The molecule has 0 spiro atoms. The van der Waals surface area contributed by atoms with Crippen LogP contribution in [0.2, 0.25) is 0 Å². The van der Waals surface area contributed by atoms with Crippen molar-refractivity contribution in [1.82, 2.24) is 0 Å². The topological polar surface area (TPSA) is 225 Å². The van der Waals surface area contributed by atoms with Crippen molar-refractivity contribution in [3.8, 4) is 0 Å². The Balaban J connectivity index is 1.40. The number of hydrogen-bond donors (Lipinski definition) is 1. The lowest BCUT2D eigenvalue weighted by atomic mass is 9.93. The van der Waals surface area contributed by atoms with E-state index >= 15 is 0 Å². The minimum atomic E-state index is -1.64. The number of nitro groups is 2. The Labute approximate surface area is 429 Å². The van der Waals surface area contributed by atoms with E-state index in [9.17, 15) is 29.8 Å². The second-order valence-electron chi connectivity index (χ2n) is 19.1. The summed E-state index contributed by atoms with van der Waals surface area (Å²) in [7, 11) is 1.17. The summed E-state index contributed by atoms with van der Waals surface area (Å²) < 4.78 is 65.2. The van der Waals surface area contributed by atoms with Crippen LogP contribution in [0.3, 0.4) is 0 Å². The SMILES string of the molecule is COC(=O)[C@@H]1O[C@@H](OC(C)C)[C@H](OC(=O)C(C)(C)C)[C@@H](OCc2ccccc2)[C@@H]1O[C@H]1O[C@H](COCc2ccccc2)[C@@H](OCc2ccccc2)[C@H](OCc2ccccc2)[C@H]1Nc1ccc([N+](=O)[O-])cc1[N+](=O)[O-]. The third-order valence-corrected chi connectivity index (χ3v) is 12.1. The van der Waals surface area contributed by atoms with E-state index in [-0.39, 0.29) is 38.7 Å². The van der Waals surface area contributed by atoms with Gasteiger partial charge in [-0.2, -0.15) is 0 Å². The number of ether oxygens (including phenoxy) is 10. The number of nitro benzene ring substituents is 2. The molecule has 394 valence electrons. The maximum atomic E-state index is 14.2. The number of esters is 2. The van der Waals surface area contributed by atoms with Crippen molar-refractivity contribution in [1.29, 1.82) is 0 Å². The summed E-state index contributed by atoms with van der Waals surface area (Å²) in [6.07, 6.45) is -12.7. The number of non-ortho nitro benzene ring substituents is 1. The quantitative estimate of drug-likeness (QED) is 0.0367. The number of benzene rings is 5. The maximum Gasteiger partial charge on any atom is 0.337 e. The Hall–Kier alpha value is -6.68. The third-order valence-electron chi connectivity index (χ3n) is 12.1. The van der Waals surface area contributed by atoms with E-state index in [0.29, 0.717) is 0 Å². The summed E-state index contributed by atoms with van der Waals surface area (Å²) in [6, 6.07) is 39.1. The zero-order chi connectivity index (χ0) is 52.8. The molecule has 0 saturated carbocycles. The molecule has 0 aromatic heterocycles. The fourth-order valence-electron chi connectivity index (χ4n) is 8.37. The van der Waals surface area contributed by atoms with Gasteiger partial charge in [0.05, 0.1) is 67.6 Å². The molecule has 74 heavy (non-hydrogen) atoms. The van der Waals surface area contributed by atoms with Crippen LogP contribution in [0.1, 0.15) is 56.9 Å². The number of hydrogen-bond acceptors (Lipinski definition) is 17. The van der Waals surface area contributed by atoms with Gasteiger partial charge in [0.15, 0.2) is 24.8 Å². The minimum absolute atomic E-state index is 0.0132. The van der Waals surface area contributed by atoms with Crippen molar-refractivity contribution in [2.75, 3.05) is 19.0 Å². The normalized spacial score (nSPS) is 23.9. The molecule has 2 saturated heterocycles. The molecule has 5 aromatic rings. The molecule has 2 fully saturated rings. The minimum Gasteiger partial charge on any atom is -0.467 e. The lowest BCUT2D eigenvalue weighted by Gasteiger charge is -2.50. The molecule has 2 aliphatic rings. The number of carbonyl (C=O) groups excluding carboxylic acids is 2. The molecule has 19 heteroatoms. The summed E-state index contributed by atoms with van der Waals surface area (Å²) >= 11 is 0. The molecule has 0 unspecified atom stereocenters. The van der Waals surface area contributed by atoms with Crippen LogP contribution < -0.4 is 5.32 Å². The Morgan fingerprint density at radius 3 is 1.64 bits per heavy atom. The van der Waals surface area contributed by atoms with E-state index in [4.69, 9.17) is 47.4 Å². The zero-order valence-corrected chi connectivity index (χ0v) is 42.1. The van der Waals surface area contributed by atoms with Crippen LogP contribution in [0.4, 0.5) is 17.1 Å². The van der Waals surface area contributed by atoms with Crippen LogP contribution in [0.5, 0.6) is 0 Å². The van der Waals surface area contributed by atoms with Gasteiger partial charge in [0, 0.05) is 6.07 Å². The molecule has 2 heterocycles. The van der Waals surface area contributed by atoms with Gasteiger partial charge >= 0.3 is 11.9 Å². The zero-order valence-electron chi connectivity index (χ0n) is 42.1. The lowest BCUT2D eigenvalue weighted by molar-refractivity contribution is -0.393. The van der Waals surface area contributed by atoms with Crippen LogP contribution in [0.25, 0.3) is 0 Å². The number of methoxy groups -OCH3 is 1. The lowest BCUT2D eigenvalue weighted by Crippen LogP contribution is -2.68. The van der Waals surface area contributed by atoms with E-state index in [2.05, 4.69) is 5.32 Å². The summed E-state index contributed by atoms with van der Waals surface area (Å²) in [4.78, 5) is 51.4. The van der Waals surface area contributed by atoms with Crippen LogP contribution >= 0.6 is 0 Å². The van der Waals surface area contributed by atoms with Gasteiger partial charge in [-0.1, -0.05) is 121 Å². The third kappa shape index (κ3) is 14.8. The number of carbonyl (C=O) groups is 2. The first-order valence-electron chi connectivity index (χ1n) is 24.3. The first-order chi connectivity index (χ1) is 35.6. The first-order valence-corrected chi connectivity index (χ1v) is 24.3. The summed E-state index contributed by atoms with van der Waals surface area (Å²) in [5.41, 5.74) is 0.781. The van der Waals surface area contributed by atoms with E-state index in [1.54, 1.807) is 34.6 Å². The fourth-order valence-corrected chi connectivity index (χ4v) is 8.37. The second kappa shape index (κ2) is 26.0. The molecule has 0 amide bonds. The molecule has 0 aliphatic carbocycles. The fraction of sp³-hybridized carbons (Fsp3) is 0.418. The number of anilines is 1. The van der Waals surface area contributed by atoms with E-state index < -0.39 is 106 Å². The standard InChI is InChI=1S/C55H63N3O16/c1-35(2)70-53-50(74-54(60)55(3,4)5)47(69-33-39-25-17-10-18-26-39)48(49(73-53)51(59)65-6)72-52-44(56-41-28-27-40(57(61)62)29-42(41)58(63)64)46(68-32-38-23-15-9-16-24-38)45(67-31-37-21-13-8-14-22-37)43(71-52)34-66-30-36-19-11-7-12-20-36/h7-29,35,43-50,52-53,56H,30-34H2,1-6H3/t43-,44-,45-,46-,47+,48+,49-,50-,52-,53-/m1/s1. The molecule has 7 rings (SSSR count). The van der Waals surface area contributed by atoms with Crippen molar-refractivity contribution >= 4 is 29.0 Å². The average molecular weight is 1020 g/mol. The highest BCUT2D eigenvalue weighted by Crippen LogP contribution is 2.39. The van der Waals surface area contributed by atoms with Crippen LogP contribution in [0.15, 0.2) is 140 Å². The number of nitrogens with one attached hydrogen (secondary N) is 1. The molecule has 1 N–H and O–H groups in total. The molecule has 5 aromatic carbocycles. The van der Waals surface area contributed by atoms with Gasteiger partial charge in [-0.15, -0.1) is 0 Å². The van der Waals surface area contributed by atoms with E-state index in [1.807, 2.05) is 121 Å². The van der Waals surface area contributed by atoms with Gasteiger partial charge in [0.25, 0.3) is 11.4 Å². The molecule has 0 bridgehead atoms. The summed E-state index contributed by atoms with van der Waals surface area (Å²) in [5, 5.41) is 28.0. The van der Waals surface area contributed by atoms with Crippen molar-refractivity contribution in [2.24, 2.45) is 5.41 Å². The van der Waals surface area contributed by atoms with Crippen LogP contribution in [-0.2, 0) is 83.4 Å². The second-order valence-corrected chi connectivity index (χ2v) is 19.1. The van der Waals surface area contributed by atoms with E-state index in [1.165, 1.54) is 13.2 Å². The van der Waals surface area contributed by atoms with Gasteiger partial charge in [-0.25, -0.2) is 4.79 Å². The molecular weight excluding hydrogens is 959 g/mol. The molecule has 2 aliphatic heterocycles.